The third kappa shape index (κ3) is 2.83. The van der Waals surface area contributed by atoms with E-state index >= 15 is 0 Å². The molecule has 1 fully saturated rings. The molecule has 2 heterocycles. The number of benzene rings is 1. The minimum atomic E-state index is -1.68. The molecule has 0 bridgehead atoms. The van der Waals surface area contributed by atoms with E-state index in [9.17, 15) is 19.6 Å². The van der Waals surface area contributed by atoms with Gasteiger partial charge in [0, 0.05) is 16.6 Å². The summed E-state index contributed by atoms with van der Waals surface area (Å²) in [6.07, 6.45) is 4.52. The van der Waals surface area contributed by atoms with Crippen molar-refractivity contribution >= 4 is 33.6 Å². The zero-order chi connectivity index (χ0) is 20.6. The number of ketones is 1. The first-order valence-corrected chi connectivity index (χ1v) is 9.30. The summed E-state index contributed by atoms with van der Waals surface area (Å²) in [5.74, 6) is -2.44. The number of esters is 1. The van der Waals surface area contributed by atoms with Gasteiger partial charge in [-0.15, -0.1) is 0 Å². The van der Waals surface area contributed by atoms with Gasteiger partial charge in [0.2, 0.25) is 5.91 Å². The summed E-state index contributed by atoms with van der Waals surface area (Å²) in [4.78, 5) is 38.8. The van der Waals surface area contributed by atoms with Crippen LogP contribution >= 0.6 is 15.9 Å². The lowest BCUT2D eigenvalue weighted by Crippen LogP contribution is -2.47. The van der Waals surface area contributed by atoms with Crippen molar-refractivity contribution in [3.8, 4) is 6.07 Å². The van der Waals surface area contributed by atoms with Crippen molar-refractivity contribution < 1.29 is 19.1 Å². The zero-order valence-corrected chi connectivity index (χ0v) is 16.8. The standard InChI is InChI=1S/C20H18BrN3O4/c1-11(25)17-16(12-3-6-14(21)7-4-12)20(10-22,19(23)27)15-8-5-13(9-24(15)17)18(26)28-2/h3-9,15-17H,1-2H3,(H2,23,27)/t15?,16-,17-,20-/m1/s1. The molecule has 8 heteroatoms. The molecule has 28 heavy (non-hydrogen) atoms. The topological polar surface area (TPSA) is 113 Å². The lowest BCUT2D eigenvalue weighted by atomic mass is 9.68. The van der Waals surface area contributed by atoms with Gasteiger partial charge in [0.1, 0.15) is 0 Å². The van der Waals surface area contributed by atoms with Crippen LogP contribution in [-0.2, 0) is 19.1 Å². The van der Waals surface area contributed by atoms with Crippen molar-refractivity contribution in [1.82, 2.24) is 4.90 Å². The molecule has 0 aromatic heterocycles. The number of hydrogen-bond donors (Lipinski definition) is 1. The van der Waals surface area contributed by atoms with Gasteiger partial charge in [-0.25, -0.2) is 4.79 Å². The summed E-state index contributed by atoms with van der Waals surface area (Å²) < 4.78 is 5.57. The minimum Gasteiger partial charge on any atom is -0.465 e. The highest BCUT2D eigenvalue weighted by Crippen LogP contribution is 2.53. The predicted molar refractivity (Wildman–Crippen MR) is 103 cm³/mol. The third-order valence-corrected chi connectivity index (χ3v) is 5.85. The Hall–Kier alpha value is -2.92. The normalized spacial score (nSPS) is 28.1. The van der Waals surface area contributed by atoms with Gasteiger partial charge < -0.3 is 15.4 Å². The highest BCUT2D eigenvalue weighted by Gasteiger charge is 2.64. The molecule has 1 aromatic carbocycles. The number of halogens is 1. The SMILES string of the molecule is COC(=O)C1=CN2C(C=C1)[C@@](C#N)(C(N)=O)[C@H](c1ccc(Br)cc1)[C@H]2C(C)=O. The summed E-state index contributed by atoms with van der Waals surface area (Å²) >= 11 is 3.36. The van der Waals surface area contributed by atoms with Gasteiger partial charge in [-0.1, -0.05) is 34.1 Å². The van der Waals surface area contributed by atoms with Crippen molar-refractivity contribution in [3.63, 3.8) is 0 Å². The Morgan fingerprint density at radius 2 is 1.93 bits per heavy atom. The molecule has 0 radical (unpaired) electrons. The molecule has 0 spiro atoms. The number of nitriles is 1. The van der Waals surface area contributed by atoms with Crippen LogP contribution in [0.4, 0.5) is 0 Å². The molecule has 7 nitrogen and oxygen atoms in total. The number of rotatable bonds is 4. The molecule has 1 aromatic rings. The maximum Gasteiger partial charge on any atom is 0.339 e. The molecule has 0 aliphatic carbocycles. The van der Waals surface area contributed by atoms with Crippen LogP contribution < -0.4 is 5.73 Å². The van der Waals surface area contributed by atoms with Crippen LogP contribution in [0.3, 0.4) is 0 Å². The number of nitrogens with two attached hydrogens (primary N) is 1. The first-order valence-electron chi connectivity index (χ1n) is 8.50. The molecule has 144 valence electrons. The fourth-order valence-electron chi connectivity index (χ4n) is 4.11. The smallest absolute Gasteiger partial charge is 0.339 e. The molecule has 2 aliphatic heterocycles. The molecular formula is C20H18BrN3O4. The van der Waals surface area contributed by atoms with Crippen molar-refractivity contribution in [1.29, 1.82) is 5.26 Å². The van der Waals surface area contributed by atoms with Crippen LogP contribution in [0.15, 0.2) is 52.7 Å². The van der Waals surface area contributed by atoms with E-state index in [0.717, 1.165) is 4.47 Å². The number of primary amides is 1. The number of nitrogens with zero attached hydrogens (tertiary/aromatic N) is 2. The molecule has 3 rings (SSSR count). The van der Waals surface area contributed by atoms with E-state index in [1.807, 2.05) is 0 Å². The van der Waals surface area contributed by atoms with Gasteiger partial charge >= 0.3 is 5.97 Å². The van der Waals surface area contributed by atoms with Crippen LogP contribution in [0.5, 0.6) is 0 Å². The Bertz CT molecular complexity index is 947. The summed E-state index contributed by atoms with van der Waals surface area (Å²) in [5, 5.41) is 10.1. The van der Waals surface area contributed by atoms with E-state index < -0.39 is 35.3 Å². The van der Waals surface area contributed by atoms with Gasteiger partial charge in [0.05, 0.1) is 30.8 Å². The molecule has 0 saturated carbocycles. The van der Waals surface area contributed by atoms with Gasteiger partial charge in [-0.2, -0.15) is 5.26 Å². The fraction of sp³-hybridized carbons (Fsp3) is 0.300. The molecule has 1 unspecified atom stereocenters. The molecule has 1 amide bonds. The fourth-order valence-corrected chi connectivity index (χ4v) is 4.38. The van der Waals surface area contributed by atoms with Gasteiger partial charge in [0.25, 0.3) is 0 Å². The first kappa shape index (κ1) is 19.8. The second kappa shape index (κ2) is 7.24. The Kier molecular flexibility index (Phi) is 5.13. The third-order valence-electron chi connectivity index (χ3n) is 5.32. The zero-order valence-electron chi connectivity index (χ0n) is 15.3. The summed E-state index contributed by atoms with van der Waals surface area (Å²) in [5.41, 5.74) is 4.91. The number of carbonyl (C=O) groups is 3. The maximum absolute atomic E-state index is 12.6. The van der Waals surface area contributed by atoms with Crippen LogP contribution in [-0.4, -0.2) is 41.8 Å². The molecule has 4 atom stereocenters. The number of fused-ring (bicyclic) bond motifs is 1. The number of carbonyl (C=O) groups excluding carboxylic acids is 3. The number of ether oxygens (including phenoxy) is 1. The molecule has 2 N–H and O–H groups in total. The quantitative estimate of drug-likeness (QED) is 0.709. The summed E-state index contributed by atoms with van der Waals surface area (Å²) in [7, 11) is 1.25. The lowest BCUT2D eigenvalue weighted by molar-refractivity contribution is -0.136. The van der Waals surface area contributed by atoms with Crippen molar-refractivity contribution in [2.45, 2.75) is 24.9 Å². The Balaban J connectivity index is 2.25. The average molecular weight is 444 g/mol. The second-order valence-electron chi connectivity index (χ2n) is 6.76. The van der Waals surface area contributed by atoms with Gasteiger partial charge in [0.15, 0.2) is 11.2 Å². The number of methoxy groups -OCH3 is 1. The average Bonchev–Trinajstić information content (AvgIpc) is 2.98. The number of amides is 1. The number of hydrogen-bond acceptors (Lipinski definition) is 6. The Morgan fingerprint density at radius 1 is 1.29 bits per heavy atom. The Morgan fingerprint density at radius 3 is 2.43 bits per heavy atom. The van der Waals surface area contributed by atoms with E-state index in [2.05, 4.69) is 22.0 Å². The predicted octanol–water partition coefficient (Wildman–Crippen LogP) is 1.80. The van der Waals surface area contributed by atoms with Gasteiger partial charge in [-0.3, -0.25) is 9.59 Å². The minimum absolute atomic E-state index is 0.220. The van der Waals surface area contributed by atoms with E-state index in [1.165, 1.54) is 26.3 Å². The molecule has 2 aliphatic rings. The van der Waals surface area contributed by atoms with Crippen LogP contribution in [0, 0.1) is 16.7 Å². The monoisotopic (exact) mass is 443 g/mol. The highest BCUT2D eigenvalue weighted by molar-refractivity contribution is 9.10. The first-order chi connectivity index (χ1) is 13.3. The summed E-state index contributed by atoms with van der Waals surface area (Å²) in [6, 6.07) is 7.54. The van der Waals surface area contributed by atoms with Crippen LogP contribution in [0.1, 0.15) is 18.4 Å². The molecule has 1 saturated heterocycles. The van der Waals surface area contributed by atoms with Crippen molar-refractivity contribution in [3.05, 3.63) is 58.2 Å². The second-order valence-corrected chi connectivity index (χ2v) is 7.67. The lowest BCUT2D eigenvalue weighted by Gasteiger charge is -2.32. The Labute approximate surface area is 170 Å². The molecular weight excluding hydrogens is 426 g/mol. The van der Waals surface area contributed by atoms with Crippen molar-refractivity contribution in [2.24, 2.45) is 11.1 Å². The van der Waals surface area contributed by atoms with Crippen LogP contribution in [0.2, 0.25) is 0 Å². The van der Waals surface area contributed by atoms with Gasteiger partial charge in [-0.05, 0) is 30.7 Å². The van der Waals surface area contributed by atoms with Crippen molar-refractivity contribution in [2.75, 3.05) is 7.11 Å². The number of Topliss-reactive ketones (excluding diaryl/α,β-unsaturated/α-hetero) is 1. The summed E-state index contributed by atoms with van der Waals surface area (Å²) in [6.45, 7) is 1.39. The largest absolute Gasteiger partial charge is 0.465 e. The van der Waals surface area contributed by atoms with E-state index in [-0.39, 0.29) is 11.4 Å². The van der Waals surface area contributed by atoms with E-state index in [1.54, 1.807) is 35.2 Å². The van der Waals surface area contributed by atoms with E-state index in [4.69, 9.17) is 10.5 Å². The van der Waals surface area contributed by atoms with E-state index in [0.29, 0.717) is 5.56 Å². The maximum atomic E-state index is 12.6. The van der Waals surface area contributed by atoms with Crippen LogP contribution in [0.25, 0.3) is 0 Å². The highest BCUT2D eigenvalue weighted by atomic mass is 79.9.